The van der Waals surface area contributed by atoms with Crippen LogP contribution >= 0.6 is 11.6 Å². The molecule has 0 rings (SSSR count). The van der Waals surface area contributed by atoms with E-state index in [1.54, 1.807) is 0 Å². The highest BCUT2D eigenvalue weighted by Crippen LogP contribution is 2.13. The molecular formula is C9H17Cl. The van der Waals surface area contributed by atoms with Crippen LogP contribution in [0.25, 0.3) is 0 Å². The summed E-state index contributed by atoms with van der Waals surface area (Å²) < 4.78 is 0. The molecule has 0 spiro atoms. The molecule has 0 aliphatic rings. The molecular weight excluding hydrogens is 144 g/mol. The third-order valence-corrected chi connectivity index (χ3v) is 1.67. The molecule has 0 heterocycles. The molecule has 0 nitrogen and oxygen atoms in total. The fourth-order valence-electron chi connectivity index (χ4n) is 0.869. The van der Waals surface area contributed by atoms with E-state index in [1.165, 1.54) is 19.3 Å². The molecule has 0 aromatic heterocycles. The minimum atomic E-state index is 0.795. The molecule has 0 saturated heterocycles. The number of hydrogen-bond acceptors (Lipinski definition) is 0. The molecule has 0 unspecified atom stereocenters. The van der Waals surface area contributed by atoms with E-state index in [2.05, 4.69) is 20.4 Å². The number of allylic oxidation sites excluding steroid dienone is 1. The van der Waals surface area contributed by atoms with E-state index in [0.29, 0.717) is 0 Å². The lowest BCUT2D eigenvalue weighted by Gasteiger charge is -2.02. The van der Waals surface area contributed by atoms with Crippen LogP contribution in [0, 0.1) is 5.92 Å². The predicted octanol–water partition coefficient (Wildman–Crippen LogP) is 3.96. The Hall–Kier alpha value is 0.0300. The molecule has 10 heavy (non-hydrogen) atoms. The van der Waals surface area contributed by atoms with Crippen molar-refractivity contribution in [3.05, 3.63) is 11.6 Å². The van der Waals surface area contributed by atoms with Gasteiger partial charge in [0.1, 0.15) is 0 Å². The van der Waals surface area contributed by atoms with Crippen LogP contribution in [0.15, 0.2) is 11.6 Å². The number of rotatable bonds is 5. The zero-order valence-corrected chi connectivity index (χ0v) is 7.75. The summed E-state index contributed by atoms with van der Waals surface area (Å²) in [5.74, 6) is 0.823. The Bertz CT molecular complexity index is 94.9. The quantitative estimate of drug-likeness (QED) is 0.535. The van der Waals surface area contributed by atoms with Crippen molar-refractivity contribution in [3.63, 3.8) is 0 Å². The number of halogens is 1. The molecule has 60 valence electrons. The first kappa shape index (κ1) is 10.0. The molecule has 0 aliphatic carbocycles. The normalized spacial score (nSPS) is 10.4. The standard InChI is InChI=1S/C9H17Cl/c1-8(2)6-4-5-7-9(3)10/h8H,3-7H2,1-2H3. The number of unbranched alkanes of at least 4 members (excludes halogenated alkanes) is 1. The second kappa shape index (κ2) is 5.79. The van der Waals surface area contributed by atoms with Crippen molar-refractivity contribution >= 4 is 11.6 Å². The van der Waals surface area contributed by atoms with E-state index in [0.717, 1.165) is 17.4 Å². The van der Waals surface area contributed by atoms with E-state index in [4.69, 9.17) is 11.6 Å². The highest BCUT2D eigenvalue weighted by Gasteiger charge is 1.94. The van der Waals surface area contributed by atoms with E-state index in [1.807, 2.05) is 0 Å². The fourth-order valence-corrected chi connectivity index (χ4v) is 1.00. The highest BCUT2D eigenvalue weighted by molar-refractivity contribution is 6.29. The Balaban J connectivity index is 2.98. The van der Waals surface area contributed by atoms with Gasteiger partial charge in [-0.2, -0.15) is 0 Å². The van der Waals surface area contributed by atoms with Crippen LogP contribution in [0.5, 0.6) is 0 Å². The Morgan fingerprint density at radius 2 is 2.00 bits per heavy atom. The average molecular weight is 161 g/mol. The second-order valence-corrected chi connectivity index (χ2v) is 3.69. The SMILES string of the molecule is C=C(Cl)CCCCC(C)C. The zero-order valence-electron chi connectivity index (χ0n) is 6.99. The molecule has 0 aromatic rings. The Morgan fingerprint density at radius 3 is 2.40 bits per heavy atom. The Labute approximate surface area is 69.3 Å². The molecule has 0 aromatic carbocycles. The molecule has 0 amide bonds. The van der Waals surface area contributed by atoms with Gasteiger partial charge in [-0.25, -0.2) is 0 Å². The summed E-state index contributed by atoms with van der Waals surface area (Å²) in [4.78, 5) is 0. The summed E-state index contributed by atoms with van der Waals surface area (Å²) in [6, 6.07) is 0. The van der Waals surface area contributed by atoms with Crippen molar-refractivity contribution in [3.8, 4) is 0 Å². The maximum absolute atomic E-state index is 5.60. The minimum Gasteiger partial charge on any atom is -0.0898 e. The van der Waals surface area contributed by atoms with E-state index >= 15 is 0 Å². The summed E-state index contributed by atoms with van der Waals surface area (Å²) in [7, 11) is 0. The van der Waals surface area contributed by atoms with Gasteiger partial charge in [0.05, 0.1) is 0 Å². The molecule has 0 radical (unpaired) electrons. The van der Waals surface area contributed by atoms with E-state index in [-0.39, 0.29) is 0 Å². The van der Waals surface area contributed by atoms with Crippen molar-refractivity contribution in [2.24, 2.45) is 5.92 Å². The Kier molecular flexibility index (Phi) is 5.81. The van der Waals surface area contributed by atoms with Crippen LogP contribution in [0.4, 0.5) is 0 Å². The van der Waals surface area contributed by atoms with Crippen molar-refractivity contribution in [2.75, 3.05) is 0 Å². The van der Waals surface area contributed by atoms with Crippen molar-refractivity contribution in [1.29, 1.82) is 0 Å². The van der Waals surface area contributed by atoms with Crippen LogP contribution < -0.4 is 0 Å². The maximum Gasteiger partial charge on any atom is 0.0109 e. The maximum atomic E-state index is 5.60. The van der Waals surface area contributed by atoms with Crippen molar-refractivity contribution in [1.82, 2.24) is 0 Å². The Morgan fingerprint density at radius 1 is 1.40 bits per heavy atom. The zero-order chi connectivity index (χ0) is 7.98. The lowest BCUT2D eigenvalue weighted by molar-refractivity contribution is 0.539. The smallest absolute Gasteiger partial charge is 0.0109 e. The molecule has 0 aliphatic heterocycles. The molecule has 0 saturated carbocycles. The topological polar surface area (TPSA) is 0 Å². The van der Waals surface area contributed by atoms with Crippen LogP contribution in [-0.4, -0.2) is 0 Å². The second-order valence-electron chi connectivity index (χ2n) is 3.16. The highest BCUT2D eigenvalue weighted by atomic mass is 35.5. The minimum absolute atomic E-state index is 0.795. The van der Waals surface area contributed by atoms with Gasteiger partial charge < -0.3 is 0 Å². The third kappa shape index (κ3) is 8.03. The van der Waals surface area contributed by atoms with Gasteiger partial charge in [0, 0.05) is 5.03 Å². The van der Waals surface area contributed by atoms with Gasteiger partial charge >= 0.3 is 0 Å². The van der Waals surface area contributed by atoms with Crippen LogP contribution in [0.2, 0.25) is 0 Å². The lowest BCUT2D eigenvalue weighted by Crippen LogP contribution is -1.86. The first-order valence-corrected chi connectivity index (χ1v) is 4.34. The van der Waals surface area contributed by atoms with Gasteiger partial charge in [-0.1, -0.05) is 44.9 Å². The van der Waals surface area contributed by atoms with Crippen LogP contribution in [0.3, 0.4) is 0 Å². The summed E-state index contributed by atoms with van der Waals surface area (Å²) in [5, 5.41) is 0.795. The number of hydrogen-bond donors (Lipinski definition) is 0. The van der Waals surface area contributed by atoms with Gasteiger partial charge in [0.15, 0.2) is 0 Å². The predicted molar refractivity (Wildman–Crippen MR) is 48.3 cm³/mol. The summed E-state index contributed by atoms with van der Waals surface area (Å²) >= 11 is 5.60. The van der Waals surface area contributed by atoms with Crippen molar-refractivity contribution < 1.29 is 0 Å². The lowest BCUT2D eigenvalue weighted by atomic mass is 10.1. The van der Waals surface area contributed by atoms with E-state index in [9.17, 15) is 0 Å². The molecule has 0 bridgehead atoms. The largest absolute Gasteiger partial charge is 0.0898 e. The summed E-state index contributed by atoms with van der Waals surface area (Å²) in [6.07, 6.45) is 4.77. The monoisotopic (exact) mass is 160 g/mol. The van der Waals surface area contributed by atoms with Gasteiger partial charge in [-0.05, 0) is 18.8 Å². The van der Waals surface area contributed by atoms with Crippen LogP contribution in [-0.2, 0) is 0 Å². The van der Waals surface area contributed by atoms with Crippen LogP contribution in [0.1, 0.15) is 39.5 Å². The van der Waals surface area contributed by atoms with Gasteiger partial charge in [-0.15, -0.1) is 0 Å². The average Bonchev–Trinajstić information content (AvgIpc) is 1.79. The van der Waals surface area contributed by atoms with Gasteiger partial charge in [-0.3, -0.25) is 0 Å². The van der Waals surface area contributed by atoms with Gasteiger partial charge in [0.25, 0.3) is 0 Å². The summed E-state index contributed by atoms with van der Waals surface area (Å²) in [5.41, 5.74) is 0. The van der Waals surface area contributed by atoms with E-state index < -0.39 is 0 Å². The summed E-state index contributed by atoms with van der Waals surface area (Å²) in [6.45, 7) is 8.13. The molecule has 0 fully saturated rings. The molecule has 0 atom stereocenters. The van der Waals surface area contributed by atoms with Crippen molar-refractivity contribution in [2.45, 2.75) is 39.5 Å². The fraction of sp³-hybridized carbons (Fsp3) is 0.778. The first-order valence-electron chi connectivity index (χ1n) is 3.96. The third-order valence-electron chi connectivity index (χ3n) is 1.48. The van der Waals surface area contributed by atoms with Gasteiger partial charge in [0.2, 0.25) is 0 Å². The molecule has 1 heteroatoms. The molecule has 0 N–H and O–H groups in total. The first-order chi connectivity index (χ1) is 4.63.